The van der Waals surface area contributed by atoms with Gasteiger partial charge in [-0.15, -0.1) is 0 Å². The fourth-order valence-corrected chi connectivity index (χ4v) is 3.42. The molecule has 2 aliphatic rings. The van der Waals surface area contributed by atoms with Gasteiger partial charge in [-0.1, -0.05) is 20.3 Å². The standard InChI is InChI=1S/C15H29NO2/c1-11(2)15-8-14(6-7-18-15)16-9-12-4-3-5-13(12)10-17/h11-17H,3-10H2,1-2H3. The lowest BCUT2D eigenvalue weighted by Gasteiger charge is -2.33. The summed E-state index contributed by atoms with van der Waals surface area (Å²) in [6, 6.07) is 0.617. The van der Waals surface area contributed by atoms with Crippen molar-refractivity contribution in [1.29, 1.82) is 0 Å². The molecule has 0 bridgehead atoms. The molecule has 2 N–H and O–H groups in total. The maximum atomic E-state index is 9.34. The SMILES string of the molecule is CC(C)C1CC(NCC2CCCC2CO)CCO1. The molecule has 106 valence electrons. The van der Waals surface area contributed by atoms with E-state index in [4.69, 9.17) is 4.74 Å². The van der Waals surface area contributed by atoms with Crippen LogP contribution in [0.5, 0.6) is 0 Å². The molecule has 2 rings (SSSR count). The number of nitrogens with one attached hydrogen (secondary N) is 1. The quantitative estimate of drug-likeness (QED) is 0.791. The van der Waals surface area contributed by atoms with Crippen LogP contribution in [-0.4, -0.2) is 37.0 Å². The average Bonchev–Trinajstić information content (AvgIpc) is 2.84. The van der Waals surface area contributed by atoms with E-state index in [-0.39, 0.29) is 0 Å². The molecular formula is C15H29NO2. The summed E-state index contributed by atoms with van der Waals surface area (Å²) in [5.74, 6) is 1.85. The number of aliphatic hydroxyl groups excluding tert-OH is 1. The largest absolute Gasteiger partial charge is 0.396 e. The maximum Gasteiger partial charge on any atom is 0.0612 e. The Bertz CT molecular complexity index is 245. The van der Waals surface area contributed by atoms with Gasteiger partial charge in [0.2, 0.25) is 0 Å². The fourth-order valence-electron chi connectivity index (χ4n) is 3.42. The summed E-state index contributed by atoms with van der Waals surface area (Å²) in [5.41, 5.74) is 0. The van der Waals surface area contributed by atoms with Crippen LogP contribution < -0.4 is 5.32 Å². The van der Waals surface area contributed by atoms with E-state index in [2.05, 4.69) is 19.2 Å². The highest BCUT2D eigenvalue weighted by molar-refractivity contribution is 4.83. The van der Waals surface area contributed by atoms with E-state index in [0.29, 0.717) is 36.5 Å². The highest BCUT2D eigenvalue weighted by Crippen LogP contribution is 2.31. The van der Waals surface area contributed by atoms with E-state index in [1.54, 1.807) is 0 Å². The molecule has 18 heavy (non-hydrogen) atoms. The monoisotopic (exact) mass is 255 g/mol. The van der Waals surface area contributed by atoms with Crippen molar-refractivity contribution < 1.29 is 9.84 Å². The van der Waals surface area contributed by atoms with Gasteiger partial charge >= 0.3 is 0 Å². The van der Waals surface area contributed by atoms with Gasteiger partial charge in [-0.2, -0.15) is 0 Å². The average molecular weight is 255 g/mol. The van der Waals surface area contributed by atoms with Crippen molar-refractivity contribution in [2.24, 2.45) is 17.8 Å². The number of hydrogen-bond donors (Lipinski definition) is 2. The lowest BCUT2D eigenvalue weighted by Crippen LogP contribution is -2.43. The highest BCUT2D eigenvalue weighted by atomic mass is 16.5. The minimum atomic E-state index is 0.370. The summed E-state index contributed by atoms with van der Waals surface area (Å²) in [5, 5.41) is 13.1. The normalized spacial score (nSPS) is 37.3. The molecule has 1 aliphatic carbocycles. The fraction of sp³-hybridized carbons (Fsp3) is 1.00. The third-order valence-electron chi connectivity index (χ3n) is 4.78. The summed E-state index contributed by atoms with van der Waals surface area (Å²) in [6.45, 7) is 6.83. The van der Waals surface area contributed by atoms with Crippen molar-refractivity contribution in [2.75, 3.05) is 19.8 Å². The van der Waals surface area contributed by atoms with Crippen molar-refractivity contribution in [3.8, 4) is 0 Å². The van der Waals surface area contributed by atoms with Gasteiger partial charge in [-0.25, -0.2) is 0 Å². The molecule has 4 atom stereocenters. The Balaban J connectivity index is 1.72. The summed E-state index contributed by atoms with van der Waals surface area (Å²) >= 11 is 0. The van der Waals surface area contributed by atoms with Crippen LogP contribution in [0, 0.1) is 17.8 Å². The van der Waals surface area contributed by atoms with Crippen molar-refractivity contribution in [3.05, 3.63) is 0 Å². The Kier molecular flexibility index (Phi) is 5.46. The zero-order valence-corrected chi connectivity index (χ0v) is 11.9. The third kappa shape index (κ3) is 3.69. The second kappa shape index (κ2) is 6.88. The van der Waals surface area contributed by atoms with Gasteiger partial charge in [0, 0.05) is 19.3 Å². The molecule has 0 aromatic heterocycles. The first-order valence-corrected chi connectivity index (χ1v) is 7.66. The van der Waals surface area contributed by atoms with Crippen molar-refractivity contribution in [1.82, 2.24) is 5.32 Å². The van der Waals surface area contributed by atoms with Crippen LogP contribution in [0.4, 0.5) is 0 Å². The number of rotatable bonds is 5. The van der Waals surface area contributed by atoms with Crippen LogP contribution in [0.1, 0.15) is 46.0 Å². The highest BCUT2D eigenvalue weighted by Gasteiger charge is 2.29. The zero-order chi connectivity index (χ0) is 13.0. The van der Waals surface area contributed by atoms with Crippen molar-refractivity contribution in [2.45, 2.75) is 58.1 Å². The molecule has 0 aromatic rings. The summed E-state index contributed by atoms with van der Waals surface area (Å²) < 4.78 is 5.80. The molecule has 1 heterocycles. The summed E-state index contributed by atoms with van der Waals surface area (Å²) in [7, 11) is 0. The molecule has 1 aliphatic heterocycles. The van der Waals surface area contributed by atoms with Crippen LogP contribution in [0.25, 0.3) is 0 Å². The van der Waals surface area contributed by atoms with E-state index < -0.39 is 0 Å². The van der Waals surface area contributed by atoms with Gasteiger partial charge in [0.05, 0.1) is 6.10 Å². The smallest absolute Gasteiger partial charge is 0.0612 e. The number of hydrogen-bond acceptors (Lipinski definition) is 3. The van der Waals surface area contributed by atoms with Gasteiger partial charge in [0.25, 0.3) is 0 Å². The molecule has 1 saturated carbocycles. The van der Waals surface area contributed by atoms with Crippen molar-refractivity contribution >= 4 is 0 Å². The van der Waals surface area contributed by atoms with Gasteiger partial charge < -0.3 is 15.2 Å². The number of aliphatic hydroxyl groups is 1. The minimum absolute atomic E-state index is 0.370. The first-order chi connectivity index (χ1) is 8.70. The van der Waals surface area contributed by atoms with E-state index in [1.165, 1.54) is 19.3 Å². The minimum Gasteiger partial charge on any atom is -0.396 e. The second-order valence-corrected chi connectivity index (χ2v) is 6.42. The molecule has 3 heteroatoms. The van der Waals surface area contributed by atoms with Crippen LogP contribution >= 0.6 is 0 Å². The van der Waals surface area contributed by atoms with Crippen LogP contribution in [0.2, 0.25) is 0 Å². The second-order valence-electron chi connectivity index (χ2n) is 6.42. The van der Waals surface area contributed by atoms with Crippen LogP contribution in [-0.2, 0) is 4.74 Å². The Morgan fingerprint density at radius 1 is 1.22 bits per heavy atom. The Hall–Kier alpha value is -0.120. The topological polar surface area (TPSA) is 41.5 Å². The van der Waals surface area contributed by atoms with Gasteiger partial charge in [-0.05, 0) is 50.0 Å². The van der Waals surface area contributed by atoms with Gasteiger partial charge in [0.15, 0.2) is 0 Å². The lowest BCUT2D eigenvalue weighted by atomic mass is 9.93. The Labute approximate surface area is 111 Å². The predicted molar refractivity (Wildman–Crippen MR) is 73.5 cm³/mol. The van der Waals surface area contributed by atoms with Crippen LogP contribution in [0.3, 0.4) is 0 Å². The van der Waals surface area contributed by atoms with Crippen molar-refractivity contribution in [3.63, 3.8) is 0 Å². The van der Waals surface area contributed by atoms with Crippen LogP contribution in [0.15, 0.2) is 0 Å². The zero-order valence-electron chi connectivity index (χ0n) is 11.9. The Morgan fingerprint density at radius 3 is 2.72 bits per heavy atom. The Morgan fingerprint density at radius 2 is 2.00 bits per heavy atom. The van der Waals surface area contributed by atoms with E-state index in [0.717, 1.165) is 26.0 Å². The molecule has 0 amide bonds. The lowest BCUT2D eigenvalue weighted by molar-refractivity contribution is -0.0250. The predicted octanol–water partition coefficient (Wildman–Crippen LogP) is 2.19. The van der Waals surface area contributed by atoms with Gasteiger partial charge in [-0.3, -0.25) is 0 Å². The molecule has 2 fully saturated rings. The molecule has 1 saturated heterocycles. The van der Waals surface area contributed by atoms with E-state index in [9.17, 15) is 5.11 Å². The van der Waals surface area contributed by atoms with E-state index >= 15 is 0 Å². The molecule has 0 radical (unpaired) electrons. The number of ether oxygens (including phenoxy) is 1. The first-order valence-electron chi connectivity index (χ1n) is 7.66. The molecule has 0 spiro atoms. The molecule has 3 nitrogen and oxygen atoms in total. The molecule has 0 aromatic carbocycles. The van der Waals surface area contributed by atoms with E-state index in [1.807, 2.05) is 0 Å². The first kappa shape index (κ1) is 14.3. The molecule has 4 unspecified atom stereocenters. The maximum absolute atomic E-state index is 9.34. The third-order valence-corrected chi connectivity index (χ3v) is 4.78. The van der Waals surface area contributed by atoms with Gasteiger partial charge in [0.1, 0.15) is 0 Å². The summed E-state index contributed by atoms with van der Waals surface area (Å²) in [4.78, 5) is 0. The summed E-state index contributed by atoms with van der Waals surface area (Å²) in [6.07, 6.45) is 6.50. The molecular weight excluding hydrogens is 226 g/mol.